The monoisotopic (exact) mass is 270 g/mol. The number of hydrogen-bond acceptors (Lipinski definition) is 2. The maximum absolute atomic E-state index is 5.84. The summed E-state index contributed by atoms with van der Waals surface area (Å²) in [6, 6.07) is 12.1. The number of nitrogens with two attached hydrogens (primary N) is 1. The molecule has 3 heteroatoms. The number of benzene rings is 2. The molecule has 2 aromatic rings. The predicted octanol–water partition coefficient (Wildman–Crippen LogP) is 3.47. The lowest BCUT2D eigenvalue weighted by atomic mass is 10.1. The molecule has 0 saturated carbocycles. The molecule has 0 aliphatic carbocycles. The average Bonchev–Trinajstić information content (AvgIpc) is 2.35. The van der Waals surface area contributed by atoms with E-state index in [0.717, 1.165) is 33.5 Å². The third kappa shape index (κ3) is 3.15. The van der Waals surface area contributed by atoms with E-state index in [0.29, 0.717) is 0 Å². The van der Waals surface area contributed by atoms with Crippen molar-refractivity contribution in [2.24, 2.45) is 0 Å². The fraction of sp³-hybridized carbons (Fsp3) is 0.125. The minimum absolute atomic E-state index is 0.749. The summed E-state index contributed by atoms with van der Waals surface area (Å²) in [5.41, 5.74) is 11.9. The maximum atomic E-state index is 5.84. The van der Waals surface area contributed by atoms with Gasteiger partial charge in [0.15, 0.2) is 0 Å². The van der Waals surface area contributed by atoms with Crippen LogP contribution in [0.3, 0.4) is 0 Å². The summed E-state index contributed by atoms with van der Waals surface area (Å²) in [5.74, 6) is 0. The molecule has 1 atom stereocenters. The fourth-order valence-corrected chi connectivity index (χ4v) is 2.42. The van der Waals surface area contributed by atoms with E-state index in [1.54, 1.807) is 0 Å². The normalized spacial score (nSPS) is 10.3. The second kappa shape index (κ2) is 5.46. The summed E-state index contributed by atoms with van der Waals surface area (Å²) in [4.78, 5) is 0. The molecule has 2 nitrogen and oxygen atoms in total. The second-order valence-electron chi connectivity index (χ2n) is 4.77. The molecule has 0 bridgehead atoms. The first kappa shape index (κ1) is 13.6. The number of nitrogens with one attached hydrogen (secondary N) is 1. The van der Waals surface area contributed by atoms with Gasteiger partial charge in [0.1, 0.15) is 0 Å². The Balaban J connectivity index is 2.28. The van der Waals surface area contributed by atoms with Crippen molar-refractivity contribution in [1.29, 1.82) is 0 Å². The van der Waals surface area contributed by atoms with E-state index in [9.17, 15) is 0 Å². The molecule has 3 N–H and O–H groups in total. The molecule has 0 amide bonds. The maximum Gasteiger partial charge on any atom is 0.0457 e. The zero-order valence-electron chi connectivity index (χ0n) is 11.3. The molecule has 2 aromatic carbocycles. The van der Waals surface area contributed by atoms with Gasteiger partial charge in [-0.1, -0.05) is 30.3 Å². The van der Waals surface area contributed by atoms with Crippen molar-refractivity contribution in [1.82, 2.24) is 0 Å². The van der Waals surface area contributed by atoms with Gasteiger partial charge in [0.2, 0.25) is 0 Å². The molecule has 2 rings (SSSR count). The lowest BCUT2D eigenvalue weighted by Gasteiger charge is -2.15. The van der Waals surface area contributed by atoms with Gasteiger partial charge in [-0.15, -0.1) is 9.24 Å². The smallest absolute Gasteiger partial charge is 0.0457 e. The largest absolute Gasteiger partial charge is 0.399 e. The van der Waals surface area contributed by atoms with Crippen LogP contribution < -0.4 is 16.4 Å². The first-order valence-electron chi connectivity index (χ1n) is 6.16. The first-order valence-corrected chi connectivity index (χ1v) is 6.73. The quantitative estimate of drug-likeness (QED) is 0.662. The van der Waals surface area contributed by atoms with E-state index in [2.05, 4.69) is 53.2 Å². The van der Waals surface area contributed by atoms with Gasteiger partial charge >= 0.3 is 0 Å². The van der Waals surface area contributed by atoms with Gasteiger partial charge in [-0.2, -0.15) is 0 Å². The van der Waals surface area contributed by atoms with Crippen molar-refractivity contribution in [3.63, 3.8) is 0 Å². The summed E-state index contributed by atoms with van der Waals surface area (Å²) in [5, 5.41) is 4.48. The standard InChI is InChI=1S/C16H19N2P/c1-10-4-7-15(16(19)8-10)18-12(3)14-9-13(17)6-5-11(14)2/h4-9,18H,3,17,19H2,1-2H3. The van der Waals surface area contributed by atoms with Crippen LogP contribution in [0, 0.1) is 13.8 Å². The molecule has 1 unspecified atom stereocenters. The van der Waals surface area contributed by atoms with E-state index >= 15 is 0 Å². The van der Waals surface area contributed by atoms with Crippen molar-refractivity contribution in [3.05, 3.63) is 59.7 Å². The minimum atomic E-state index is 0.749. The van der Waals surface area contributed by atoms with E-state index in [4.69, 9.17) is 5.73 Å². The average molecular weight is 270 g/mol. The Morgan fingerprint density at radius 1 is 1.16 bits per heavy atom. The highest BCUT2D eigenvalue weighted by Crippen LogP contribution is 2.22. The molecule has 0 spiro atoms. The zero-order chi connectivity index (χ0) is 14.0. The lowest BCUT2D eigenvalue weighted by Crippen LogP contribution is -2.07. The van der Waals surface area contributed by atoms with Gasteiger partial charge in [0.25, 0.3) is 0 Å². The van der Waals surface area contributed by atoms with Crippen LogP contribution in [0.15, 0.2) is 43.0 Å². The van der Waals surface area contributed by atoms with E-state index < -0.39 is 0 Å². The van der Waals surface area contributed by atoms with Gasteiger partial charge in [-0.05, 0) is 42.9 Å². The Morgan fingerprint density at radius 2 is 1.89 bits per heavy atom. The van der Waals surface area contributed by atoms with Crippen molar-refractivity contribution < 1.29 is 0 Å². The van der Waals surface area contributed by atoms with Gasteiger partial charge in [0, 0.05) is 22.6 Å². The van der Waals surface area contributed by atoms with Crippen molar-refractivity contribution in [3.8, 4) is 0 Å². The van der Waals surface area contributed by atoms with E-state index in [-0.39, 0.29) is 0 Å². The van der Waals surface area contributed by atoms with Crippen LogP contribution in [0.4, 0.5) is 11.4 Å². The third-order valence-corrected chi connectivity index (χ3v) is 3.56. The Morgan fingerprint density at radius 3 is 2.58 bits per heavy atom. The predicted molar refractivity (Wildman–Crippen MR) is 88.8 cm³/mol. The van der Waals surface area contributed by atoms with Gasteiger partial charge in [0.05, 0.1) is 0 Å². The van der Waals surface area contributed by atoms with Crippen LogP contribution in [0.2, 0.25) is 0 Å². The highest BCUT2D eigenvalue weighted by molar-refractivity contribution is 7.28. The summed E-state index contributed by atoms with van der Waals surface area (Å²) in [6.45, 7) is 8.24. The van der Waals surface area contributed by atoms with Crippen LogP contribution in [-0.2, 0) is 0 Å². The molecule has 98 valence electrons. The topological polar surface area (TPSA) is 38.0 Å². The van der Waals surface area contributed by atoms with Gasteiger partial charge in [-0.25, -0.2) is 0 Å². The minimum Gasteiger partial charge on any atom is -0.399 e. The van der Waals surface area contributed by atoms with E-state index in [1.165, 1.54) is 5.56 Å². The van der Waals surface area contributed by atoms with Crippen LogP contribution in [0.5, 0.6) is 0 Å². The summed E-state index contributed by atoms with van der Waals surface area (Å²) in [6.07, 6.45) is 0. The third-order valence-electron chi connectivity index (χ3n) is 3.08. The SMILES string of the molecule is C=C(Nc1ccc(C)cc1P)c1cc(N)ccc1C. The number of hydrogen-bond donors (Lipinski definition) is 2. The number of rotatable bonds is 3. The van der Waals surface area contributed by atoms with E-state index in [1.807, 2.05) is 18.2 Å². The number of nitrogen functional groups attached to an aromatic ring is 1. The second-order valence-corrected chi connectivity index (χ2v) is 5.39. The summed E-state index contributed by atoms with van der Waals surface area (Å²) < 4.78 is 0. The molecule has 0 aliphatic rings. The summed E-state index contributed by atoms with van der Waals surface area (Å²) >= 11 is 0. The molecular weight excluding hydrogens is 251 g/mol. The highest BCUT2D eigenvalue weighted by atomic mass is 31.0. The number of anilines is 2. The van der Waals surface area contributed by atoms with Crippen LogP contribution >= 0.6 is 9.24 Å². The number of aryl methyl sites for hydroxylation is 2. The lowest BCUT2D eigenvalue weighted by molar-refractivity contribution is 1.41. The zero-order valence-corrected chi connectivity index (χ0v) is 12.5. The molecular formula is C16H19N2P. The van der Waals surface area contributed by atoms with Crippen LogP contribution in [-0.4, -0.2) is 0 Å². The van der Waals surface area contributed by atoms with Crippen LogP contribution in [0.25, 0.3) is 5.70 Å². The van der Waals surface area contributed by atoms with Crippen LogP contribution in [0.1, 0.15) is 16.7 Å². The fourth-order valence-electron chi connectivity index (χ4n) is 1.99. The highest BCUT2D eigenvalue weighted by Gasteiger charge is 2.06. The van der Waals surface area contributed by atoms with Gasteiger partial charge in [-0.3, -0.25) is 0 Å². The van der Waals surface area contributed by atoms with Crippen molar-refractivity contribution >= 4 is 31.6 Å². The molecule has 0 saturated heterocycles. The Labute approximate surface area is 116 Å². The molecule has 19 heavy (non-hydrogen) atoms. The molecule has 0 radical (unpaired) electrons. The molecule has 0 heterocycles. The molecule has 0 fully saturated rings. The Kier molecular flexibility index (Phi) is 3.92. The Hall–Kier alpha value is -1.79. The molecule has 0 aliphatic heterocycles. The van der Waals surface area contributed by atoms with Crippen molar-refractivity contribution in [2.75, 3.05) is 11.1 Å². The molecule has 0 aromatic heterocycles. The van der Waals surface area contributed by atoms with Gasteiger partial charge < -0.3 is 11.1 Å². The van der Waals surface area contributed by atoms with Crippen molar-refractivity contribution in [2.45, 2.75) is 13.8 Å². The summed E-state index contributed by atoms with van der Waals surface area (Å²) in [7, 11) is 2.74. The Bertz CT molecular complexity index is 633. The first-order chi connectivity index (χ1) is 8.97.